The van der Waals surface area contributed by atoms with Crippen LogP contribution in [-0.4, -0.2) is 99.6 Å². The number of nitrogens with one attached hydrogen (secondary N) is 1. The lowest BCUT2D eigenvalue weighted by Crippen LogP contribution is -2.61. The van der Waals surface area contributed by atoms with Gasteiger partial charge in [-0.15, -0.1) is 0 Å². The molecule has 0 aliphatic carbocycles. The smallest absolute Gasteiger partial charge is 0.306 e. The van der Waals surface area contributed by atoms with E-state index in [4.69, 9.17) is 14.2 Å². The Morgan fingerprint density at radius 1 is 0.476 bits per heavy atom. The molecule has 0 saturated carbocycles. The van der Waals surface area contributed by atoms with Crippen molar-refractivity contribution in [3.63, 3.8) is 0 Å². The lowest BCUT2D eigenvalue weighted by atomic mass is 9.99. The number of ether oxygens (including phenoxy) is 3. The van der Waals surface area contributed by atoms with Gasteiger partial charge in [0.2, 0.25) is 5.91 Å². The Labute approximate surface area is 504 Å². The molecule has 0 aromatic heterocycles. The van der Waals surface area contributed by atoms with Crippen LogP contribution < -0.4 is 5.32 Å². The Morgan fingerprint density at radius 3 is 1.28 bits per heavy atom. The maximum absolute atomic E-state index is 13.5. The molecule has 11 heteroatoms. The van der Waals surface area contributed by atoms with Crippen LogP contribution in [0.25, 0.3) is 0 Å². The van der Waals surface area contributed by atoms with Crippen LogP contribution in [0.15, 0.2) is 48.6 Å². The fourth-order valence-electron chi connectivity index (χ4n) is 10.9. The minimum absolute atomic E-state index is 0.123. The Bertz CT molecular complexity index is 1520. The first-order valence-electron chi connectivity index (χ1n) is 34.9. The summed E-state index contributed by atoms with van der Waals surface area (Å²) in [5.74, 6) is -1.19. The molecule has 1 amide bonds. The van der Waals surface area contributed by atoms with Crippen LogP contribution in [-0.2, 0) is 23.8 Å². The molecule has 0 spiro atoms. The molecule has 0 radical (unpaired) electrons. The van der Waals surface area contributed by atoms with Gasteiger partial charge < -0.3 is 45.1 Å². The van der Waals surface area contributed by atoms with Gasteiger partial charge in [0.05, 0.1) is 25.4 Å². The molecule has 1 saturated heterocycles. The number of rotatable bonds is 60. The van der Waals surface area contributed by atoms with Crippen molar-refractivity contribution >= 4 is 11.9 Å². The summed E-state index contributed by atoms with van der Waals surface area (Å²) in [6.45, 7) is 5.80. The predicted octanol–water partition coefficient (Wildman–Crippen LogP) is 17.6. The highest BCUT2D eigenvalue weighted by Gasteiger charge is 2.47. The largest absolute Gasteiger partial charge is 0.454 e. The second-order valence-corrected chi connectivity index (χ2v) is 24.3. The van der Waals surface area contributed by atoms with Gasteiger partial charge in [-0.1, -0.05) is 288 Å². The molecule has 8 unspecified atom stereocenters. The summed E-state index contributed by atoms with van der Waals surface area (Å²) in [5, 5.41) is 57.2. The van der Waals surface area contributed by atoms with Gasteiger partial charge in [-0.05, 0) is 83.5 Å². The number of esters is 1. The van der Waals surface area contributed by atoms with Crippen molar-refractivity contribution in [3.8, 4) is 0 Å². The minimum atomic E-state index is -1.61. The summed E-state index contributed by atoms with van der Waals surface area (Å²) in [6.07, 6.45) is 62.9. The topological polar surface area (TPSA) is 175 Å². The average molecular weight is 1160 g/mol. The third kappa shape index (κ3) is 45.9. The summed E-state index contributed by atoms with van der Waals surface area (Å²) in [5.41, 5.74) is 0. The lowest BCUT2D eigenvalue weighted by molar-refractivity contribution is -0.305. The normalized spacial score (nSPS) is 18.9. The number of unbranched alkanes of at least 4 members (excludes halogenated alkanes) is 40. The number of hydrogen-bond donors (Lipinski definition) is 6. The van der Waals surface area contributed by atoms with E-state index >= 15 is 0 Å². The highest BCUT2D eigenvalue weighted by Crippen LogP contribution is 2.26. The predicted molar refractivity (Wildman–Crippen MR) is 343 cm³/mol. The van der Waals surface area contributed by atoms with E-state index in [0.717, 1.165) is 64.2 Å². The number of carbonyl (C=O) groups excluding carboxylic acids is 2. The van der Waals surface area contributed by atoms with Crippen LogP contribution >= 0.6 is 0 Å². The zero-order chi connectivity index (χ0) is 59.6. The van der Waals surface area contributed by atoms with Gasteiger partial charge in [-0.2, -0.15) is 0 Å². The van der Waals surface area contributed by atoms with Gasteiger partial charge >= 0.3 is 5.97 Å². The molecule has 1 fully saturated rings. The number of carbonyl (C=O) groups is 2. The van der Waals surface area contributed by atoms with Crippen molar-refractivity contribution in [1.29, 1.82) is 0 Å². The Morgan fingerprint density at radius 2 is 0.841 bits per heavy atom. The van der Waals surface area contributed by atoms with Crippen molar-refractivity contribution in [3.05, 3.63) is 48.6 Å². The Kier molecular flexibility index (Phi) is 55.8. The first-order chi connectivity index (χ1) is 40.2. The lowest BCUT2D eigenvalue weighted by Gasteiger charge is -2.41. The molecule has 1 rings (SSSR count). The fourth-order valence-corrected chi connectivity index (χ4v) is 10.9. The van der Waals surface area contributed by atoms with Crippen LogP contribution in [0.3, 0.4) is 0 Å². The van der Waals surface area contributed by atoms with Crippen molar-refractivity contribution in [2.24, 2.45) is 0 Å². The molecule has 0 bridgehead atoms. The zero-order valence-electron chi connectivity index (χ0n) is 53.4. The third-order valence-corrected chi connectivity index (χ3v) is 16.5. The summed E-state index contributed by atoms with van der Waals surface area (Å²) in [7, 11) is 0. The third-order valence-electron chi connectivity index (χ3n) is 16.5. The fraction of sp³-hybridized carbons (Fsp3) is 0.859. The first kappa shape index (κ1) is 77.6. The van der Waals surface area contributed by atoms with Gasteiger partial charge in [0.25, 0.3) is 0 Å². The Balaban J connectivity index is 2.59. The summed E-state index contributed by atoms with van der Waals surface area (Å²) >= 11 is 0. The first-order valence-corrected chi connectivity index (χ1v) is 34.9. The second kappa shape index (κ2) is 59.0. The van der Waals surface area contributed by atoms with Gasteiger partial charge in [-0.3, -0.25) is 9.59 Å². The number of aliphatic hydroxyl groups is 5. The monoisotopic (exact) mass is 1160 g/mol. The molecule has 1 aliphatic heterocycles. The van der Waals surface area contributed by atoms with Crippen LogP contribution in [0.5, 0.6) is 0 Å². The van der Waals surface area contributed by atoms with Crippen molar-refractivity contribution in [2.45, 2.75) is 378 Å². The van der Waals surface area contributed by atoms with Gasteiger partial charge in [-0.25, -0.2) is 0 Å². The van der Waals surface area contributed by atoms with E-state index in [1.54, 1.807) is 6.08 Å². The number of allylic oxidation sites excluding steroid dienone is 7. The van der Waals surface area contributed by atoms with E-state index in [0.29, 0.717) is 19.3 Å². The molecule has 1 aliphatic rings. The molecule has 0 aromatic carbocycles. The Hall–Kier alpha value is -2.38. The van der Waals surface area contributed by atoms with Crippen LogP contribution in [0.2, 0.25) is 0 Å². The standard InChI is InChI=1S/C71H131NO10/c1-4-7-10-13-16-19-22-25-27-29-31-32-33-35-36-38-40-43-46-49-52-55-58-64(75)70(79)72-62(63(74)57-54-51-48-45-42-24-21-18-15-12-9-6-3)61-80-71-69(68(78)67(77)65(60-73)81-71)82-66(76)59-56-53-50-47-44-41-39-37-34-30-28-26-23-20-17-14-11-8-5-2/h16,19,25-28,54,57,62-65,67-69,71,73-75,77-78H,4-15,17-18,20-24,29-53,55-56,58-61H2,1-3H3,(H,72,79)/b19-16-,27-25-,28-26+,57-54+. The molecular formula is C71H131NO10. The van der Waals surface area contributed by atoms with Crippen LogP contribution in [0.4, 0.5) is 0 Å². The molecule has 8 atom stereocenters. The highest BCUT2D eigenvalue weighted by atomic mass is 16.7. The number of hydrogen-bond acceptors (Lipinski definition) is 10. The van der Waals surface area contributed by atoms with Crippen LogP contribution in [0, 0.1) is 0 Å². The number of amides is 1. The van der Waals surface area contributed by atoms with Gasteiger partial charge in [0, 0.05) is 6.42 Å². The quantitative estimate of drug-likeness (QED) is 0.0195. The zero-order valence-corrected chi connectivity index (χ0v) is 53.4. The summed E-state index contributed by atoms with van der Waals surface area (Å²) < 4.78 is 17.7. The van der Waals surface area contributed by atoms with Gasteiger partial charge in [0.15, 0.2) is 12.4 Å². The molecule has 0 aromatic rings. The van der Waals surface area contributed by atoms with E-state index in [-0.39, 0.29) is 13.0 Å². The molecule has 82 heavy (non-hydrogen) atoms. The molecule has 1 heterocycles. The minimum Gasteiger partial charge on any atom is -0.454 e. The maximum Gasteiger partial charge on any atom is 0.306 e. The van der Waals surface area contributed by atoms with E-state index in [9.17, 15) is 35.1 Å². The summed E-state index contributed by atoms with van der Waals surface area (Å²) in [6, 6.07) is -1.02. The van der Waals surface area contributed by atoms with E-state index < -0.39 is 67.4 Å². The van der Waals surface area contributed by atoms with E-state index in [2.05, 4.69) is 62.5 Å². The molecule has 6 N–H and O–H groups in total. The highest BCUT2D eigenvalue weighted by molar-refractivity contribution is 5.80. The van der Waals surface area contributed by atoms with Crippen LogP contribution in [0.1, 0.15) is 329 Å². The second-order valence-electron chi connectivity index (χ2n) is 24.3. The van der Waals surface area contributed by atoms with Crippen molar-refractivity contribution in [2.75, 3.05) is 13.2 Å². The van der Waals surface area contributed by atoms with E-state index in [1.165, 1.54) is 218 Å². The molecular weight excluding hydrogens is 1030 g/mol. The van der Waals surface area contributed by atoms with E-state index in [1.807, 2.05) is 6.08 Å². The number of aliphatic hydroxyl groups excluding tert-OH is 5. The summed E-state index contributed by atoms with van der Waals surface area (Å²) in [4.78, 5) is 26.7. The maximum atomic E-state index is 13.5. The molecule has 480 valence electrons. The average Bonchev–Trinajstić information content (AvgIpc) is 3.68. The van der Waals surface area contributed by atoms with Crippen molar-refractivity contribution in [1.82, 2.24) is 5.32 Å². The SMILES string of the molecule is CCCCC/C=C\C/C=C\CCCCCCCCCCCCCCC(O)C(=O)NC(COC1OC(CO)C(O)C(O)C1OC(=O)CCCCCCCCCCC/C=C/CCCCCCCC)C(O)/C=C/CCCCCCCCCCCC. The van der Waals surface area contributed by atoms with Gasteiger partial charge in [0.1, 0.15) is 24.4 Å². The van der Waals surface area contributed by atoms with Crippen molar-refractivity contribution < 1.29 is 49.3 Å². The molecule has 11 nitrogen and oxygen atoms in total.